The van der Waals surface area contributed by atoms with Crippen LogP contribution in [0.5, 0.6) is 0 Å². The fourth-order valence-corrected chi connectivity index (χ4v) is 4.37. The summed E-state index contributed by atoms with van der Waals surface area (Å²) in [5.74, 6) is -0.404. The van der Waals surface area contributed by atoms with Crippen LogP contribution in [0.3, 0.4) is 0 Å². The van der Waals surface area contributed by atoms with E-state index in [2.05, 4.69) is 10.1 Å². The molecule has 2 aromatic heterocycles. The first-order chi connectivity index (χ1) is 15.6. The van der Waals surface area contributed by atoms with Crippen molar-refractivity contribution in [3.63, 3.8) is 0 Å². The van der Waals surface area contributed by atoms with Crippen LogP contribution < -0.4 is 10.6 Å². The topological polar surface area (TPSA) is 63.4 Å². The molecular formula is C23H26F3N5O2. The number of hydrogen-bond donors (Lipinski definition) is 0. The van der Waals surface area contributed by atoms with Crippen LogP contribution in [0.25, 0.3) is 11.0 Å². The van der Waals surface area contributed by atoms with Crippen molar-refractivity contribution >= 4 is 16.9 Å². The molecule has 1 saturated heterocycles. The molecule has 0 radical (unpaired) electrons. The molecule has 1 aliphatic rings. The van der Waals surface area contributed by atoms with Crippen molar-refractivity contribution < 1.29 is 18.0 Å². The summed E-state index contributed by atoms with van der Waals surface area (Å²) in [6, 6.07) is 7.44. The highest BCUT2D eigenvalue weighted by Gasteiger charge is 2.37. The van der Waals surface area contributed by atoms with Crippen LogP contribution in [0.15, 0.2) is 47.4 Å². The van der Waals surface area contributed by atoms with E-state index in [1.165, 1.54) is 22.8 Å². The lowest BCUT2D eigenvalue weighted by Crippen LogP contribution is -2.63. The van der Waals surface area contributed by atoms with Crippen LogP contribution in [-0.4, -0.2) is 50.4 Å². The predicted octanol–water partition coefficient (Wildman–Crippen LogP) is 3.41. The van der Waals surface area contributed by atoms with Crippen molar-refractivity contribution in [2.24, 2.45) is 7.05 Å². The van der Waals surface area contributed by atoms with E-state index in [1.807, 2.05) is 13.8 Å². The van der Waals surface area contributed by atoms with Gasteiger partial charge in [0.25, 0.3) is 11.5 Å². The Morgan fingerprint density at radius 1 is 1.09 bits per heavy atom. The van der Waals surface area contributed by atoms with E-state index in [1.54, 1.807) is 29.0 Å². The third-order valence-electron chi connectivity index (χ3n) is 6.36. The molecule has 3 heterocycles. The van der Waals surface area contributed by atoms with E-state index >= 15 is 0 Å². The zero-order chi connectivity index (χ0) is 23.9. The molecule has 10 heteroatoms. The highest BCUT2D eigenvalue weighted by molar-refractivity contribution is 5.94. The maximum atomic E-state index is 13.3. The summed E-state index contributed by atoms with van der Waals surface area (Å²) >= 11 is 0. The van der Waals surface area contributed by atoms with Crippen LogP contribution >= 0.6 is 0 Å². The summed E-state index contributed by atoms with van der Waals surface area (Å²) in [4.78, 5) is 28.6. The molecule has 3 aromatic rings. The molecule has 0 spiro atoms. The Bertz CT molecular complexity index is 1230. The highest BCUT2D eigenvalue weighted by Crippen LogP contribution is 2.30. The van der Waals surface area contributed by atoms with Gasteiger partial charge in [0, 0.05) is 25.2 Å². The summed E-state index contributed by atoms with van der Waals surface area (Å²) in [6.07, 6.45) is -1.36. The first-order valence-corrected chi connectivity index (χ1v) is 10.9. The second-order valence-corrected chi connectivity index (χ2v) is 8.33. The lowest BCUT2D eigenvalue weighted by Gasteiger charge is -2.46. The number of rotatable bonds is 4. The highest BCUT2D eigenvalue weighted by atomic mass is 19.4. The van der Waals surface area contributed by atoms with Crippen LogP contribution in [0.2, 0.25) is 0 Å². The van der Waals surface area contributed by atoms with E-state index in [0.717, 1.165) is 12.1 Å². The Morgan fingerprint density at radius 2 is 1.82 bits per heavy atom. The molecule has 1 aromatic carbocycles. The normalized spacial score (nSPS) is 19.3. The van der Waals surface area contributed by atoms with E-state index < -0.39 is 17.6 Å². The maximum Gasteiger partial charge on any atom is 0.416 e. The molecule has 7 nitrogen and oxygen atoms in total. The second-order valence-electron chi connectivity index (χ2n) is 8.33. The number of alkyl halides is 3. The number of halogens is 3. The van der Waals surface area contributed by atoms with Gasteiger partial charge in [-0.2, -0.15) is 23.1 Å². The maximum absolute atomic E-state index is 13.3. The van der Waals surface area contributed by atoms with Gasteiger partial charge in [-0.3, -0.25) is 14.6 Å². The van der Waals surface area contributed by atoms with Crippen LogP contribution in [0, 0.1) is 0 Å². The fraction of sp³-hybridized carbons (Fsp3) is 0.435. The first kappa shape index (κ1) is 22.9. The molecule has 176 valence electrons. The molecule has 1 amide bonds. The number of aromatic nitrogens is 3. The monoisotopic (exact) mass is 461 g/mol. The smallest absolute Gasteiger partial charge is 0.332 e. The number of piperazine rings is 1. The minimum Gasteiger partial charge on any atom is -0.332 e. The second kappa shape index (κ2) is 8.57. The Morgan fingerprint density at radius 3 is 2.48 bits per heavy atom. The van der Waals surface area contributed by atoms with Crippen molar-refractivity contribution in [2.75, 3.05) is 18.1 Å². The zero-order valence-electron chi connectivity index (χ0n) is 18.7. The first-order valence-electron chi connectivity index (χ1n) is 10.9. The average molecular weight is 461 g/mol. The van der Waals surface area contributed by atoms with Gasteiger partial charge < -0.3 is 9.47 Å². The lowest BCUT2D eigenvalue weighted by molar-refractivity contribution is -0.137. The van der Waals surface area contributed by atoms with E-state index in [0.29, 0.717) is 37.0 Å². The van der Waals surface area contributed by atoms with Crippen molar-refractivity contribution in [1.29, 1.82) is 0 Å². The SMILES string of the molecule is CC[C@@H]1CN(n2cc3c(ccc(=O)n3C)n2)[C@@H](CC)CN1C(=O)c1cccc(C(F)(F)F)c1. The number of amides is 1. The van der Waals surface area contributed by atoms with Gasteiger partial charge in [0.15, 0.2) is 0 Å². The van der Waals surface area contributed by atoms with Crippen LogP contribution in [0.4, 0.5) is 13.2 Å². The Balaban J connectivity index is 1.64. The number of nitrogens with zero attached hydrogens (tertiary/aromatic N) is 5. The van der Waals surface area contributed by atoms with Crippen LogP contribution in [-0.2, 0) is 13.2 Å². The summed E-state index contributed by atoms with van der Waals surface area (Å²) in [6.45, 7) is 4.78. The van der Waals surface area contributed by atoms with E-state index in [-0.39, 0.29) is 23.2 Å². The molecule has 0 bridgehead atoms. The number of benzene rings is 1. The number of hydrogen-bond acceptors (Lipinski definition) is 4. The quantitative estimate of drug-likeness (QED) is 0.598. The molecule has 0 unspecified atom stereocenters. The number of fused-ring (bicyclic) bond motifs is 1. The molecule has 1 aliphatic heterocycles. The van der Waals surface area contributed by atoms with Crippen LogP contribution in [0.1, 0.15) is 42.6 Å². The molecule has 4 rings (SSSR count). The fourth-order valence-electron chi connectivity index (χ4n) is 4.37. The number of pyridine rings is 1. The largest absolute Gasteiger partial charge is 0.416 e. The minimum atomic E-state index is -4.51. The summed E-state index contributed by atoms with van der Waals surface area (Å²) in [5.41, 5.74) is 0.458. The van der Waals surface area contributed by atoms with Crippen molar-refractivity contribution in [1.82, 2.24) is 19.4 Å². The van der Waals surface area contributed by atoms with Gasteiger partial charge in [-0.15, -0.1) is 0 Å². The molecule has 33 heavy (non-hydrogen) atoms. The summed E-state index contributed by atoms with van der Waals surface area (Å²) in [7, 11) is 1.69. The zero-order valence-corrected chi connectivity index (χ0v) is 18.7. The van der Waals surface area contributed by atoms with Gasteiger partial charge in [0.1, 0.15) is 5.52 Å². The lowest BCUT2D eigenvalue weighted by atomic mass is 10.0. The molecular weight excluding hydrogens is 435 g/mol. The number of aryl methyl sites for hydroxylation is 1. The number of carbonyl (C=O) groups excluding carboxylic acids is 1. The van der Waals surface area contributed by atoms with Crippen molar-refractivity contribution in [3.8, 4) is 0 Å². The van der Waals surface area contributed by atoms with Gasteiger partial charge in [0.05, 0.1) is 35.9 Å². The summed E-state index contributed by atoms with van der Waals surface area (Å²) < 4.78 is 41.0. The predicted molar refractivity (Wildman–Crippen MR) is 119 cm³/mol. The minimum absolute atomic E-state index is 0.0337. The third-order valence-corrected chi connectivity index (χ3v) is 6.36. The molecule has 2 atom stereocenters. The van der Waals surface area contributed by atoms with Gasteiger partial charge in [-0.1, -0.05) is 19.9 Å². The average Bonchev–Trinajstić information content (AvgIpc) is 3.24. The summed E-state index contributed by atoms with van der Waals surface area (Å²) in [5, 5.41) is 6.69. The molecule has 0 aliphatic carbocycles. The Hall–Kier alpha value is -3.30. The van der Waals surface area contributed by atoms with Gasteiger partial charge in [-0.05, 0) is 37.1 Å². The van der Waals surface area contributed by atoms with Crippen molar-refractivity contribution in [3.05, 3.63) is 64.1 Å². The molecule has 1 fully saturated rings. The standard InChI is InChI=1S/C23H26F3N5O2/c1-4-17-13-30(31-14-20-19(27-31)9-10-21(32)28(20)3)18(5-2)12-29(17)22(33)15-7-6-8-16(11-15)23(24,25)26/h6-11,14,17-18H,4-5,12-13H2,1-3H3/t17-,18+/m1/s1. The molecule has 0 N–H and O–H groups in total. The number of carbonyl (C=O) groups is 1. The van der Waals surface area contributed by atoms with Gasteiger partial charge >= 0.3 is 6.18 Å². The van der Waals surface area contributed by atoms with Gasteiger partial charge in [-0.25, -0.2) is 0 Å². The Kier molecular flexibility index (Phi) is 5.94. The molecule has 0 saturated carbocycles. The van der Waals surface area contributed by atoms with E-state index in [9.17, 15) is 22.8 Å². The van der Waals surface area contributed by atoms with Crippen molar-refractivity contribution in [2.45, 2.75) is 44.9 Å². The third kappa shape index (κ3) is 4.21. The Labute approximate surface area is 189 Å². The van der Waals surface area contributed by atoms with Gasteiger partial charge in [0.2, 0.25) is 0 Å². The van der Waals surface area contributed by atoms with E-state index in [4.69, 9.17) is 0 Å².